The van der Waals surface area contributed by atoms with E-state index in [1.165, 1.54) is 12.1 Å². The van der Waals surface area contributed by atoms with Gasteiger partial charge in [-0.3, -0.25) is 10.1 Å². The van der Waals surface area contributed by atoms with Gasteiger partial charge in [-0.05, 0) is 29.8 Å². The molecule has 0 radical (unpaired) electrons. The summed E-state index contributed by atoms with van der Waals surface area (Å²) in [5, 5.41) is 13.2. The molecule has 9 heteroatoms. The normalized spacial score (nSPS) is 10.3. The number of anilines is 2. The smallest absolute Gasteiger partial charge is 0.329 e. The van der Waals surface area contributed by atoms with Gasteiger partial charge in [-0.25, -0.2) is 9.37 Å². The zero-order valence-corrected chi connectivity index (χ0v) is 10.6. The van der Waals surface area contributed by atoms with E-state index in [1.54, 1.807) is 0 Å². The molecule has 1 aromatic carbocycles. The lowest BCUT2D eigenvalue weighted by Gasteiger charge is -2.06. The summed E-state index contributed by atoms with van der Waals surface area (Å²) in [6, 6.07) is 3.76. The van der Waals surface area contributed by atoms with Gasteiger partial charge in [0, 0.05) is 5.69 Å². The zero-order valence-electron chi connectivity index (χ0n) is 9.10. The predicted octanol–water partition coefficient (Wildman–Crippen LogP) is 3.57. The van der Waals surface area contributed by atoms with Crippen LogP contribution in [0, 0.1) is 15.9 Å². The first-order valence-corrected chi connectivity index (χ1v) is 5.62. The molecule has 0 saturated carbocycles. The van der Waals surface area contributed by atoms with E-state index in [-0.39, 0.29) is 21.8 Å². The summed E-state index contributed by atoms with van der Waals surface area (Å²) in [4.78, 5) is 17.4. The quantitative estimate of drug-likeness (QED) is 0.532. The molecule has 0 fully saturated rings. The van der Waals surface area contributed by atoms with Crippen LogP contribution in [0.5, 0.6) is 0 Å². The highest BCUT2D eigenvalue weighted by Gasteiger charge is 2.17. The Morgan fingerprint density at radius 2 is 2.11 bits per heavy atom. The van der Waals surface area contributed by atoms with Gasteiger partial charge in [0.1, 0.15) is 12.0 Å². The van der Waals surface area contributed by atoms with Crippen molar-refractivity contribution in [3.8, 4) is 0 Å². The Labute approximate surface area is 116 Å². The van der Waals surface area contributed by atoms with E-state index in [1.807, 2.05) is 0 Å². The molecule has 0 atom stereocenters. The van der Waals surface area contributed by atoms with Crippen molar-refractivity contribution in [3.05, 3.63) is 50.6 Å². The second kappa shape index (κ2) is 5.33. The Kier molecular flexibility index (Phi) is 3.77. The number of benzene rings is 1. The molecule has 19 heavy (non-hydrogen) atoms. The van der Waals surface area contributed by atoms with E-state index < -0.39 is 10.7 Å². The fourth-order valence-electron chi connectivity index (χ4n) is 1.29. The largest absolute Gasteiger partial charge is 0.334 e. The first-order valence-electron chi connectivity index (χ1n) is 4.86. The molecule has 0 aliphatic carbocycles. The SMILES string of the molecule is O=[N+]([O-])c1cnc(Cl)nc1Nc1ccc(F)c(Cl)c1. The fraction of sp³-hybridized carbons (Fsp3) is 0. The van der Waals surface area contributed by atoms with E-state index in [9.17, 15) is 14.5 Å². The van der Waals surface area contributed by atoms with Crippen LogP contribution in [0.2, 0.25) is 10.3 Å². The summed E-state index contributed by atoms with van der Waals surface area (Å²) < 4.78 is 13.0. The molecular weight excluding hydrogens is 298 g/mol. The Bertz CT molecular complexity index is 653. The van der Waals surface area contributed by atoms with Crippen LogP contribution in [-0.4, -0.2) is 14.9 Å². The van der Waals surface area contributed by atoms with E-state index in [0.29, 0.717) is 5.69 Å². The molecule has 1 aromatic heterocycles. The van der Waals surface area contributed by atoms with Crippen molar-refractivity contribution in [2.75, 3.05) is 5.32 Å². The van der Waals surface area contributed by atoms with E-state index in [0.717, 1.165) is 12.3 Å². The van der Waals surface area contributed by atoms with Crippen molar-refractivity contribution >= 4 is 40.4 Å². The van der Waals surface area contributed by atoms with Crippen molar-refractivity contribution in [2.45, 2.75) is 0 Å². The number of nitrogens with zero attached hydrogens (tertiary/aromatic N) is 3. The van der Waals surface area contributed by atoms with Gasteiger partial charge < -0.3 is 5.32 Å². The summed E-state index contributed by atoms with van der Waals surface area (Å²) in [6.45, 7) is 0. The Morgan fingerprint density at radius 3 is 2.74 bits per heavy atom. The van der Waals surface area contributed by atoms with Crippen LogP contribution in [0.4, 0.5) is 21.6 Å². The third-order valence-corrected chi connectivity index (χ3v) is 2.59. The highest BCUT2D eigenvalue weighted by atomic mass is 35.5. The number of nitrogens with one attached hydrogen (secondary N) is 1. The molecule has 2 aromatic rings. The van der Waals surface area contributed by atoms with Gasteiger partial charge in [0.05, 0.1) is 9.95 Å². The van der Waals surface area contributed by atoms with Crippen molar-refractivity contribution in [1.82, 2.24) is 9.97 Å². The van der Waals surface area contributed by atoms with Gasteiger partial charge in [0.15, 0.2) is 0 Å². The van der Waals surface area contributed by atoms with Gasteiger partial charge in [0.2, 0.25) is 11.1 Å². The number of halogens is 3. The summed E-state index contributed by atoms with van der Waals surface area (Å²) in [7, 11) is 0. The van der Waals surface area contributed by atoms with Gasteiger partial charge >= 0.3 is 5.69 Å². The first-order chi connectivity index (χ1) is 8.97. The maximum absolute atomic E-state index is 13.0. The van der Waals surface area contributed by atoms with Gasteiger partial charge in [-0.2, -0.15) is 4.98 Å². The minimum absolute atomic E-state index is 0.104. The maximum Gasteiger partial charge on any atom is 0.329 e. The number of nitro groups is 1. The van der Waals surface area contributed by atoms with E-state index in [2.05, 4.69) is 15.3 Å². The molecule has 1 heterocycles. The minimum Gasteiger partial charge on any atom is -0.334 e. The van der Waals surface area contributed by atoms with Crippen molar-refractivity contribution in [1.29, 1.82) is 0 Å². The first kappa shape index (κ1) is 13.4. The van der Waals surface area contributed by atoms with Crippen molar-refractivity contribution < 1.29 is 9.31 Å². The molecule has 0 unspecified atom stereocenters. The molecule has 0 amide bonds. The second-order valence-electron chi connectivity index (χ2n) is 3.38. The third-order valence-electron chi connectivity index (χ3n) is 2.12. The summed E-state index contributed by atoms with van der Waals surface area (Å²) in [6.07, 6.45) is 0.975. The van der Waals surface area contributed by atoms with Crippen LogP contribution >= 0.6 is 23.2 Å². The van der Waals surface area contributed by atoms with Crippen LogP contribution in [0.1, 0.15) is 0 Å². The van der Waals surface area contributed by atoms with Crippen LogP contribution in [0.25, 0.3) is 0 Å². The molecule has 0 saturated heterocycles. The number of hydrogen-bond donors (Lipinski definition) is 1. The van der Waals surface area contributed by atoms with Crippen molar-refractivity contribution in [3.63, 3.8) is 0 Å². The zero-order chi connectivity index (χ0) is 14.0. The monoisotopic (exact) mass is 302 g/mol. The molecule has 1 N–H and O–H groups in total. The molecule has 2 rings (SSSR count). The second-order valence-corrected chi connectivity index (χ2v) is 4.13. The fourth-order valence-corrected chi connectivity index (χ4v) is 1.60. The minimum atomic E-state index is -0.663. The van der Waals surface area contributed by atoms with Crippen LogP contribution in [0.3, 0.4) is 0 Å². The summed E-state index contributed by atoms with van der Waals surface area (Å²) in [5.41, 5.74) is -0.0193. The Morgan fingerprint density at radius 1 is 1.37 bits per heavy atom. The molecule has 0 bridgehead atoms. The van der Waals surface area contributed by atoms with Crippen LogP contribution in [-0.2, 0) is 0 Å². The standard InChI is InChI=1S/C10H5Cl2FN4O2/c11-6-3-5(1-2-7(6)13)15-9-8(17(18)19)4-14-10(12)16-9/h1-4H,(H,14,15,16). The molecule has 0 aliphatic heterocycles. The lowest BCUT2D eigenvalue weighted by Crippen LogP contribution is -2.01. The number of aromatic nitrogens is 2. The molecular formula is C10H5Cl2FN4O2. The summed E-state index contributed by atoms with van der Waals surface area (Å²) >= 11 is 11.2. The highest BCUT2D eigenvalue weighted by Crippen LogP contribution is 2.27. The summed E-state index contributed by atoms with van der Waals surface area (Å²) in [5.74, 6) is -0.699. The molecule has 0 spiro atoms. The lowest BCUT2D eigenvalue weighted by atomic mass is 10.3. The van der Waals surface area contributed by atoms with Gasteiger partial charge in [-0.1, -0.05) is 11.6 Å². The van der Waals surface area contributed by atoms with E-state index >= 15 is 0 Å². The average Bonchev–Trinajstić information content (AvgIpc) is 2.33. The highest BCUT2D eigenvalue weighted by molar-refractivity contribution is 6.31. The Balaban J connectivity index is 2.39. The average molecular weight is 303 g/mol. The maximum atomic E-state index is 13.0. The molecule has 98 valence electrons. The van der Waals surface area contributed by atoms with E-state index in [4.69, 9.17) is 23.2 Å². The van der Waals surface area contributed by atoms with Crippen LogP contribution in [0.15, 0.2) is 24.4 Å². The number of hydrogen-bond acceptors (Lipinski definition) is 5. The predicted molar refractivity (Wildman–Crippen MR) is 68.4 cm³/mol. The molecule has 0 aliphatic rings. The number of rotatable bonds is 3. The van der Waals surface area contributed by atoms with Crippen LogP contribution < -0.4 is 5.32 Å². The van der Waals surface area contributed by atoms with Gasteiger partial charge in [-0.15, -0.1) is 0 Å². The Hall–Kier alpha value is -1.99. The topological polar surface area (TPSA) is 81.0 Å². The van der Waals surface area contributed by atoms with Crippen molar-refractivity contribution in [2.24, 2.45) is 0 Å². The third kappa shape index (κ3) is 3.07. The molecule has 6 nitrogen and oxygen atoms in total. The van der Waals surface area contributed by atoms with Gasteiger partial charge in [0.25, 0.3) is 0 Å². The lowest BCUT2D eigenvalue weighted by molar-refractivity contribution is -0.384.